The molecule has 1 aliphatic heterocycles. The molecule has 4 rings (SSSR count). The SMILES string of the molecule is O=C(O)C[C@H](NC(=O)C1CCN(c2noc3ccccc23)CC1)C(=O)COc1c(F)c(F)cc(F)c1F. The van der Waals surface area contributed by atoms with E-state index >= 15 is 0 Å². The summed E-state index contributed by atoms with van der Waals surface area (Å²) in [6, 6.07) is 5.69. The highest BCUT2D eigenvalue weighted by Gasteiger charge is 2.32. The maximum absolute atomic E-state index is 13.8. The lowest BCUT2D eigenvalue weighted by molar-refractivity contribution is -0.141. The molecule has 0 bridgehead atoms. The maximum atomic E-state index is 13.8. The van der Waals surface area contributed by atoms with Crippen molar-refractivity contribution in [2.24, 2.45) is 5.92 Å². The molecule has 1 saturated heterocycles. The van der Waals surface area contributed by atoms with Crippen molar-refractivity contribution < 1.29 is 46.3 Å². The van der Waals surface area contributed by atoms with Gasteiger partial charge in [-0.3, -0.25) is 14.4 Å². The van der Waals surface area contributed by atoms with Crippen LogP contribution < -0.4 is 15.0 Å². The van der Waals surface area contributed by atoms with Crippen molar-refractivity contribution >= 4 is 34.4 Å². The molecule has 196 valence electrons. The molecule has 1 atom stereocenters. The summed E-state index contributed by atoms with van der Waals surface area (Å²) in [4.78, 5) is 38.5. The average molecular weight is 523 g/mol. The van der Waals surface area contributed by atoms with Crippen LogP contribution in [0.25, 0.3) is 11.0 Å². The summed E-state index contributed by atoms with van der Waals surface area (Å²) in [6.07, 6.45) is -0.0901. The van der Waals surface area contributed by atoms with Crippen molar-refractivity contribution in [3.8, 4) is 5.75 Å². The van der Waals surface area contributed by atoms with Crippen LogP contribution in [0.4, 0.5) is 23.4 Å². The molecule has 0 unspecified atom stereocenters. The van der Waals surface area contributed by atoms with Gasteiger partial charge in [0.1, 0.15) is 12.6 Å². The highest BCUT2D eigenvalue weighted by atomic mass is 19.2. The smallest absolute Gasteiger partial charge is 0.305 e. The number of anilines is 1. The van der Waals surface area contributed by atoms with Crippen molar-refractivity contribution in [1.82, 2.24) is 10.5 Å². The van der Waals surface area contributed by atoms with Crippen LogP contribution in [-0.2, 0) is 14.4 Å². The van der Waals surface area contributed by atoms with Crippen LogP contribution in [-0.4, -0.2) is 53.7 Å². The van der Waals surface area contributed by atoms with Gasteiger partial charge in [-0.15, -0.1) is 0 Å². The molecule has 0 saturated carbocycles. The van der Waals surface area contributed by atoms with E-state index in [2.05, 4.69) is 15.2 Å². The number of benzene rings is 2. The maximum Gasteiger partial charge on any atom is 0.305 e. The molecule has 1 fully saturated rings. The molecular weight excluding hydrogens is 502 g/mol. The fraction of sp³-hybridized carbons (Fsp3) is 0.333. The first kappa shape index (κ1) is 25.9. The number of carboxylic acid groups (broad SMARTS) is 1. The number of nitrogens with one attached hydrogen (secondary N) is 1. The van der Waals surface area contributed by atoms with E-state index < -0.39 is 71.7 Å². The highest BCUT2D eigenvalue weighted by Crippen LogP contribution is 2.30. The topological polar surface area (TPSA) is 122 Å². The largest absolute Gasteiger partial charge is 0.481 e. The first-order valence-electron chi connectivity index (χ1n) is 11.3. The van der Waals surface area contributed by atoms with Gasteiger partial charge in [0, 0.05) is 25.1 Å². The quantitative estimate of drug-likeness (QED) is 0.324. The van der Waals surface area contributed by atoms with Crippen molar-refractivity contribution in [1.29, 1.82) is 0 Å². The Morgan fingerprint density at radius 1 is 1.11 bits per heavy atom. The van der Waals surface area contributed by atoms with Crippen LogP contribution in [0.3, 0.4) is 0 Å². The van der Waals surface area contributed by atoms with E-state index in [9.17, 15) is 31.9 Å². The number of hydrogen-bond donors (Lipinski definition) is 2. The summed E-state index contributed by atoms with van der Waals surface area (Å²) in [5.41, 5.74) is 0.621. The summed E-state index contributed by atoms with van der Waals surface area (Å²) in [5.74, 6) is -11.6. The monoisotopic (exact) mass is 523 g/mol. The number of rotatable bonds is 9. The zero-order valence-corrected chi connectivity index (χ0v) is 19.2. The number of carbonyl (C=O) groups excluding carboxylic acids is 2. The number of piperidine rings is 1. The number of para-hydroxylation sites is 1. The lowest BCUT2D eigenvalue weighted by Crippen LogP contribution is -2.48. The zero-order chi connectivity index (χ0) is 26.7. The number of carboxylic acids is 1. The first-order valence-corrected chi connectivity index (χ1v) is 11.3. The van der Waals surface area contributed by atoms with Gasteiger partial charge in [-0.05, 0) is 25.0 Å². The number of nitrogens with zero attached hydrogens (tertiary/aromatic N) is 2. The van der Waals surface area contributed by atoms with E-state index in [1.54, 1.807) is 6.07 Å². The average Bonchev–Trinajstić information content (AvgIpc) is 3.31. The third kappa shape index (κ3) is 5.65. The molecular formula is C24H21F4N3O6. The highest BCUT2D eigenvalue weighted by molar-refractivity contribution is 5.93. The lowest BCUT2D eigenvalue weighted by Gasteiger charge is -2.32. The third-order valence-corrected chi connectivity index (χ3v) is 6.04. The number of amides is 1. The van der Waals surface area contributed by atoms with E-state index in [1.807, 2.05) is 23.1 Å². The number of ketones is 1. The molecule has 9 nitrogen and oxygen atoms in total. The molecule has 1 aromatic heterocycles. The molecule has 13 heteroatoms. The van der Waals surface area contributed by atoms with Crippen LogP contribution in [0.1, 0.15) is 19.3 Å². The number of carbonyl (C=O) groups is 3. The standard InChI is InChI=1S/C24H21F4N3O6/c25-14-9-15(26)21(28)22(20(14)27)36-11-17(32)16(10-19(33)34)29-24(35)12-5-7-31(8-6-12)23-13-3-1-2-4-18(13)37-30-23/h1-4,9,12,16H,5-8,10-11H2,(H,29,35)(H,33,34)/t16-/m0/s1. The predicted octanol–water partition coefficient (Wildman–Crippen LogP) is 3.21. The summed E-state index contributed by atoms with van der Waals surface area (Å²) in [5, 5.41) is 16.4. The summed E-state index contributed by atoms with van der Waals surface area (Å²) in [7, 11) is 0. The minimum atomic E-state index is -1.85. The Hall–Kier alpha value is -4.16. The number of Topliss-reactive ketones (excluding diaryl/α,β-unsaturated/α-hetero) is 1. The molecule has 2 heterocycles. The van der Waals surface area contributed by atoms with Crippen LogP contribution in [0.15, 0.2) is 34.9 Å². The van der Waals surface area contributed by atoms with Gasteiger partial charge in [-0.25, -0.2) is 8.78 Å². The number of aromatic nitrogens is 1. The summed E-state index contributed by atoms with van der Waals surface area (Å²) in [6.45, 7) is -0.245. The zero-order valence-electron chi connectivity index (χ0n) is 19.2. The van der Waals surface area contributed by atoms with Crippen molar-refractivity contribution in [3.63, 3.8) is 0 Å². The second-order valence-corrected chi connectivity index (χ2v) is 8.47. The van der Waals surface area contributed by atoms with E-state index in [0.29, 0.717) is 37.3 Å². The number of halogens is 4. The molecule has 37 heavy (non-hydrogen) atoms. The van der Waals surface area contributed by atoms with E-state index in [4.69, 9.17) is 9.63 Å². The Bertz CT molecular complexity index is 1310. The molecule has 0 aliphatic carbocycles. The van der Waals surface area contributed by atoms with Gasteiger partial charge >= 0.3 is 5.97 Å². The minimum Gasteiger partial charge on any atom is -0.481 e. The number of fused-ring (bicyclic) bond motifs is 1. The normalized spacial score (nSPS) is 15.0. The molecule has 0 radical (unpaired) electrons. The van der Waals surface area contributed by atoms with Gasteiger partial charge in [-0.1, -0.05) is 17.3 Å². The van der Waals surface area contributed by atoms with Crippen LogP contribution in [0, 0.1) is 29.2 Å². The predicted molar refractivity (Wildman–Crippen MR) is 120 cm³/mol. The van der Waals surface area contributed by atoms with Crippen LogP contribution in [0.5, 0.6) is 5.75 Å². The van der Waals surface area contributed by atoms with Gasteiger partial charge in [0.15, 0.2) is 34.6 Å². The molecule has 2 N–H and O–H groups in total. The van der Waals surface area contributed by atoms with Gasteiger partial charge < -0.3 is 24.6 Å². The fourth-order valence-electron chi connectivity index (χ4n) is 4.09. The Morgan fingerprint density at radius 3 is 2.41 bits per heavy atom. The van der Waals surface area contributed by atoms with Crippen molar-refractivity contribution in [2.75, 3.05) is 24.6 Å². The number of ether oxygens (including phenoxy) is 1. The number of hydrogen-bond acceptors (Lipinski definition) is 7. The minimum absolute atomic E-state index is 0.0246. The van der Waals surface area contributed by atoms with Crippen LogP contribution >= 0.6 is 0 Å². The van der Waals surface area contributed by atoms with Gasteiger partial charge in [-0.2, -0.15) is 8.78 Å². The van der Waals surface area contributed by atoms with E-state index in [0.717, 1.165) is 5.39 Å². The van der Waals surface area contributed by atoms with Gasteiger partial charge in [0.05, 0.1) is 11.8 Å². The Kier molecular flexibility index (Phi) is 7.60. The fourth-order valence-corrected chi connectivity index (χ4v) is 4.09. The molecule has 1 amide bonds. The Morgan fingerprint density at radius 2 is 1.76 bits per heavy atom. The Labute approximate surface area is 207 Å². The molecule has 1 aliphatic rings. The van der Waals surface area contributed by atoms with Crippen molar-refractivity contribution in [2.45, 2.75) is 25.3 Å². The van der Waals surface area contributed by atoms with Gasteiger partial charge in [0.2, 0.25) is 17.5 Å². The van der Waals surface area contributed by atoms with Crippen molar-refractivity contribution in [3.05, 3.63) is 53.6 Å². The first-order chi connectivity index (χ1) is 17.7. The van der Waals surface area contributed by atoms with E-state index in [-0.39, 0.29) is 6.07 Å². The molecule has 0 spiro atoms. The number of aliphatic carboxylic acids is 1. The van der Waals surface area contributed by atoms with E-state index in [1.165, 1.54) is 0 Å². The second-order valence-electron chi connectivity index (χ2n) is 8.47. The second kappa shape index (κ2) is 10.8. The summed E-state index contributed by atoms with van der Waals surface area (Å²) < 4.78 is 64.2. The van der Waals surface area contributed by atoms with Crippen LogP contribution in [0.2, 0.25) is 0 Å². The molecule has 3 aromatic rings. The summed E-state index contributed by atoms with van der Waals surface area (Å²) >= 11 is 0. The Balaban J connectivity index is 1.37. The third-order valence-electron chi connectivity index (χ3n) is 6.04. The molecule has 2 aromatic carbocycles. The van der Waals surface area contributed by atoms with Gasteiger partial charge in [0.25, 0.3) is 0 Å². The lowest BCUT2D eigenvalue weighted by atomic mass is 9.95.